The molecule has 8 N–H and O–H groups in total. The number of methoxy groups -OCH3 is 1. The van der Waals surface area contributed by atoms with Crippen molar-refractivity contribution in [2.24, 2.45) is 40.9 Å². The van der Waals surface area contributed by atoms with E-state index in [1.165, 1.54) is 0 Å². The van der Waals surface area contributed by atoms with Crippen LogP contribution in [0.1, 0.15) is 17.3 Å². The minimum Gasteiger partial charge on any atom is -0.494 e. The first-order valence-corrected chi connectivity index (χ1v) is 22.1. The third-order valence-corrected chi connectivity index (χ3v) is 11.1. The van der Waals surface area contributed by atoms with Gasteiger partial charge in [0.2, 0.25) is 5.91 Å². The highest BCUT2D eigenvalue weighted by atomic mass is 32.2. The number of nitrogens with two attached hydrogens (primary N) is 2. The van der Waals surface area contributed by atoms with Gasteiger partial charge >= 0.3 is 5.97 Å². The molecule has 0 saturated carbocycles. The minimum absolute atomic E-state index is 0.175. The summed E-state index contributed by atoms with van der Waals surface area (Å²) in [5.41, 5.74) is 7.36. The van der Waals surface area contributed by atoms with E-state index in [4.69, 9.17) is 16.2 Å². The van der Waals surface area contributed by atoms with Crippen molar-refractivity contribution in [3.05, 3.63) is 84.4 Å². The van der Waals surface area contributed by atoms with Crippen LogP contribution in [0.5, 0.6) is 5.75 Å². The Hall–Kier alpha value is -7.44. The van der Waals surface area contributed by atoms with Crippen LogP contribution in [0.2, 0.25) is 0 Å². The van der Waals surface area contributed by atoms with Crippen LogP contribution in [0.3, 0.4) is 0 Å². The number of nitrogen functional groups attached to an aromatic ring is 2. The Morgan fingerprint density at radius 1 is 0.619 bits per heavy atom. The van der Waals surface area contributed by atoms with Crippen LogP contribution in [0.25, 0.3) is 0 Å². The average molecular weight is 944 g/mol. The highest BCUT2D eigenvalue weighted by molar-refractivity contribution is 7.86. The van der Waals surface area contributed by atoms with E-state index in [1.807, 2.05) is 0 Å². The van der Waals surface area contributed by atoms with Gasteiger partial charge in [-0.15, -0.1) is 35.8 Å². The number of rotatable bonds is 15. The molecule has 0 aliphatic rings. The van der Waals surface area contributed by atoms with Gasteiger partial charge in [-0.1, -0.05) is 18.2 Å². The van der Waals surface area contributed by atoms with Gasteiger partial charge in [0, 0.05) is 13.0 Å². The Morgan fingerprint density at radius 3 is 1.52 bits per heavy atom. The number of amides is 1. The topological polar surface area (TPSA) is 404 Å². The number of anilines is 3. The lowest BCUT2D eigenvalue weighted by molar-refractivity contribution is -0.114. The third-order valence-electron chi connectivity index (χ3n) is 7.98. The van der Waals surface area contributed by atoms with E-state index in [0.29, 0.717) is 12.1 Å². The summed E-state index contributed by atoms with van der Waals surface area (Å²) in [7, 11) is -15.6. The SMILES string of the molecule is COc1cc(N=Nc2ccc([SH](=O)=O)cc2S(=O)(=O)O)c(NC(C)=O)cc1N=Nc1c(N)c(N=Nc2ccccc2)c(N)c(N=Nc2ccc([SH](=O)=O)cc2S(=O)(=O)O)c1C(=O)O. The first-order valence-electron chi connectivity index (χ1n) is 16.8. The van der Waals surface area contributed by atoms with Crippen LogP contribution in [0.4, 0.5) is 62.6 Å². The summed E-state index contributed by atoms with van der Waals surface area (Å²) in [5, 5.41) is 44.5. The number of benzene rings is 5. The highest BCUT2D eigenvalue weighted by Gasteiger charge is 2.28. The Morgan fingerprint density at radius 2 is 1.08 bits per heavy atom. The summed E-state index contributed by atoms with van der Waals surface area (Å²) in [5.74, 6) is -2.65. The van der Waals surface area contributed by atoms with E-state index < -0.39 is 118 Å². The molecule has 25 nitrogen and oxygen atoms in total. The second-order valence-corrected chi connectivity index (χ2v) is 17.0. The number of carboxylic acid groups (broad SMARTS) is 1. The van der Waals surface area contributed by atoms with Crippen molar-refractivity contribution in [3.8, 4) is 5.75 Å². The fraction of sp³-hybridized carbons (Fsp3) is 0.0588. The lowest BCUT2D eigenvalue weighted by Gasteiger charge is -2.14. The number of hydrogen-bond donors (Lipinski definition) is 8. The molecule has 5 rings (SSSR count). The number of carbonyl (C=O) groups excluding carboxylic acids is 1. The van der Waals surface area contributed by atoms with Crippen LogP contribution in [-0.4, -0.2) is 66.9 Å². The summed E-state index contributed by atoms with van der Waals surface area (Å²) in [4.78, 5) is 22.3. The molecule has 0 radical (unpaired) electrons. The van der Waals surface area contributed by atoms with E-state index >= 15 is 0 Å². The zero-order valence-corrected chi connectivity index (χ0v) is 35.2. The maximum absolute atomic E-state index is 12.9. The van der Waals surface area contributed by atoms with Crippen LogP contribution in [-0.2, 0) is 46.4 Å². The first kappa shape index (κ1) is 46.6. The van der Waals surface area contributed by atoms with E-state index in [0.717, 1.165) is 50.4 Å². The number of carboxylic acids is 1. The molecule has 0 unspecified atom stereocenters. The molecular weight excluding hydrogens is 915 g/mol. The van der Waals surface area contributed by atoms with Gasteiger partial charge < -0.3 is 26.6 Å². The fourth-order valence-electron chi connectivity index (χ4n) is 5.17. The van der Waals surface area contributed by atoms with Gasteiger partial charge in [0.25, 0.3) is 20.2 Å². The van der Waals surface area contributed by atoms with Crippen LogP contribution < -0.4 is 21.5 Å². The summed E-state index contributed by atoms with van der Waals surface area (Å²) in [6, 6.07) is 15.2. The Kier molecular flexibility index (Phi) is 14.1. The molecule has 0 bridgehead atoms. The number of thiol groups is 2. The standard InChI is InChI=1S/C34H29N11O14S4/c1-16(46)37-22-14-24(25(59-2)15-23(22)41-39-20-10-8-18(60(49)50)12-26(20)62(53,54)55)42-44-32-28(34(47)48)31(29(35)33(30(32)36)45-38-17-6-4-3-5-7-17)43-40-21-11-9-19(61(51)52)13-27(21)63(56,57)58/h3-15,60-61H,35-36H2,1-2H3,(H,37,46)(H,47,48)(H,53,54,55)(H,56,57,58). The lowest BCUT2D eigenvalue weighted by atomic mass is 10.1. The fourth-order valence-corrected chi connectivity index (χ4v) is 7.50. The predicted molar refractivity (Wildman–Crippen MR) is 222 cm³/mol. The van der Waals surface area contributed by atoms with Gasteiger partial charge in [-0.2, -0.15) is 21.9 Å². The number of ether oxygens (including phenoxy) is 1. The van der Waals surface area contributed by atoms with E-state index in [-0.39, 0.29) is 28.5 Å². The Labute approximate surface area is 358 Å². The maximum Gasteiger partial charge on any atom is 0.340 e. The first-order chi connectivity index (χ1) is 29.6. The van der Waals surface area contributed by atoms with Gasteiger partial charge in [0.1, 0.15) is 60.9 Å². The monoisotopic (exact) mass is 943 g/mol. The molecule has 1 amide bonds. The molecule has 0 saturated heterocycles. The van der Waals surface area contributed by atoms with Gasteiger partial charge in [0.15, 0.2) is 21.4 Å². The number of azo groups is 4. The molecule has 328 valence electrons. The second kappa shape index (κ2) is 19.1. The molecule has 0 fully saturated rings. The summed E-state index contributed by atoms with van der Waals surface area (Å²) < 4.78 is 119. The molecule has 5 aromatic rings. The Bertz CT molecular complexity index is 3190. The molecule has 0 aromatic heterocycles. The van der Waals surface area contributed by atoms with Gasteiger partial charge in [-0.05, 0) is 54.6 Å². The molecule has 0 aliphatic carbocycles. The molecule has 0 aliphatic heterocycles. The number of nitrogens with zero attached hydrogens (tertiary/aromatic N) is 8. The summed E-state index contributed by atoms with van der Waals surface area (Å²) in [6.45, 7) is 1.11. The average Bonchev–Trinajstić information content (AvgIpc) is 3.21. The van der Waals surface area contributed by atoms with Crippen LogP contribution in [0.15, 0.2) is 139 Å². The van der Waals surface area contributed by atoms with Crippen molar-refractivity contribution in [1.82, 2.24) is 0 Å². The molecule has 0 atom stereocenters. The quantitative estimate of drug-likeness (QED) is 0.0237. The van der Waals surface area contributed by atoms with Gasteiger partial charge in [-0.3, -0.25) is 13.9 Å². The molecule has 29 heteroatoms. The van der Waals surface area contributed by atoms with Crippen molar-refractivity contribution in [1.29, 1.82) is 0 Å². The zero-order valence-electron chi connectivity index (χ0n) is 31.8. The summed E-state index contributed by atoms with van der Waals surface area (Å²) in [6.07, 6.45) is 0. The van der Waals surface area contributed by atoms with Gasteiger partial charge in [-0.25, -0.2) is 21.6 Å². The van der Waals surface area contributed by atoms with Crippen LogP contribution in [0, 0.1) is 0 Å². The van der Waals surface area contributed by atoms with Crippen molar-refractivity contribution < 1.29 is 62.2 Å². The number of nitrogens with one attached hydrogen (secondary N) is 1. The Balaban J connectivity index is 1.73. The third kappa shape index (κ3) is 11.1. The smallest absolute Gasteiger partial charge is 0.340 e. The van der Waals surface area contributed by atoms with Gasteiger partial charge in [0.05, 0.1) is 39.7 Å². The highest BCUT2D eigenvalue weighted by Crippen LogP contribution is 2.50. The number of hydrogen-bond acceptors (Lipinski definition) is 21. The second-order valence-electron chi connectivity index (χ2n) is 12.2. The predicted octanol–water partition coefficient (Wildman–Crippen LogP) is 6.61. The minimum atomic E-state index is -5.14. The molecule has 63 heavy (non-hydrogen) atoms. The van der Waals surface area contributed by atoms with Crippen molar-refractivity contribution in [2.75, 3.05) is 23.9 Å². The van der Waals surface area contributed by atoms with Crippen molar-refractivity contribution >= 4 is 116 Å². The zero-order chi connectivity index (χ0) is 46.4. The van der Waals surface area contributed by atoms with E-state index in [9.17, 15) is 57.5 Å². The number of aromatic carboxylic acids is 1. The van der Waals surface area contributed by atoms with E-state index in [2.05, 4.69) is 46.2 Å². The number of carbonyl (C=O) groups is 2. The summed E-state index contributed by atoms with van der Waals surface area (Å²) >= 11 is 0. The molecule has 5 aromatic carbocycles. The molecule has 0 heterocycles. The van der Waals surface area contributed by atoms with E-state index in [1.54, 1.807) is 30.3 Å². The van der Waals surface area contributed by atoms with Crippen molar-refractivity contribution in [3.63, 3.8) is 0 Å². The molecular formula is C34H29N11O14S4. The maximum atomic E-state index is 12.9. The normalized spacial score (nSPS) is 12.3. The lowest BCUT2D eigenvalue weighted by Crippen LogP contribution is -2.06. The van der Waals surface area contributed by atoms with Crippen molar-refractivity contribution in [2.45, 2.75) is 26.5 Å². The largest absolute Gasteiger partial charge is 0.494 e. The van der Waals surface area contributed by atoms with Crippen LogP contribution >= 0.6 is 0 Å². The molecule has 0 spiro atoms.